The van der Waals surface area contributed by atoms with Crippen LogP contribution in [0.1, 0.15) is 5.76 Å². The molecule has 1 aromatic heterocycles. The fourth-order valence-electron chi connectivity index (χ4n) is 2.88. The molecule has 0 atom stereocenters. The lowest BCUT2D eigenvalue weighted by Gasteiger charge is -2.14. The molecule has 1 fully saturated rings. The summed E-state index contributed by atoms with van der Waals surface area (Å²) in [7, 11) is 0. The summed E-state index contributed by atoms with van der Waals surface area (Å²) in [6, 6.07) is 11.2. The van der Waals surface area contributed by atoms with Crippen LogP contribution >= 0.6 is 47.2 Å². The molecule has 0 unspecified atom stereocenters. The summed E-state index contributed by atoms with van der Waals surface area (Å²) < 4.78 is 19.4. The smallest absolute Gasteiger partial charge is 0.281 e. The van der Waals surface area contributed by atoms with Crippen molar-refractivity contribution < 1.29 is 18.5 Å². The highest BCUT2D eigenvalue weighted by molar-refractivity contribution is 8.27. The Morgan fingerprint density at radius 2 is 1.94 bits per heavy atom. The average molecular weight is 495 g/mol. The van der Waals surface area contributed by atoms with Crippen molar-refractivity contribution in [2.45, 2.75) is 0 Å². The molecule has 6 nitrogen and oxygen atoms in total. The number of furan rings is 1. The topological polar surface area (TPSA) is 76.6 Å². The maximum atomic E-state index is 13.4. The van der Waals surface area contributed by atoms with E-state index in [1.165, 1.54) is 41.3 Å². The highest BCUT2D eigenvalue weighted by Gasteiger charge is 2.34. The van der Waals surface area contributed by atoms with E-state index in [1.54, 1.807) is 12.1 Å². The maximum Gasteiger partial charge on any atom is 0.281 e. The molecule has 31 heavy (non-hydrogen) atoms. The van der Waals surface area contributed by atoms with Crippen molar-refractivity contribution in [3.05, 3.63) is 85.2 Å². The Kier molecular flexibility index (Phi) is 5.85. The second-order valence-electron chi connectivity index (χ2n) is 6.24. The summed E-state index contributed by atoms with van der Waals surface area (Å²) >= 11 is 18.0. The summed E-state index contributed by atoms with van der Waals surface area (Å²) in [4.78, 5) is 25.1. The molecule has 0 saturated carbocycles. The number of carbonyl (C=O) groups excluding carboxylic acids is 1. The van der Waals surface area contributed by atoms with Gasteiger partial charge >= 0.3 is 0 Å². The summed E-state index contributed by atoms with van der Waals surface area (Å²) in [5.41, 5.74) is 0.393. The van der Waals surface area contributed by atoms with Crippen LogP contribution < -0.4 is 4.90 Å². The number of anilines is 1. The van der Waals surface area contributed by atoms with E-state index in [0.717, 1.165) is 17.8 Å². The van der Waals surface area contributed by atoms with Gasteiger partial charge in [-0.1, -0.05) is 47.2 Å². The van der Waals surface area contributed by atoms with Crippen molar-refractivity contribution in [1.29, 1.82) is 0 Å². The van der Waals surface area contributed by atoms with Crippen molar-refractivity contribution >= 4 is 74.9 Å². The van der Waals surface area contributed by atoms with E-state index in [0.29, 0.717) is 11.4 Å². The molecule has 3 aromatic rings. The third kappa shape index (κ3) is 4.22. The lowest BCUT2D eigenvalue weighted by Crippen LogP contribution is -2.27. The van der Waals surface area contributed by atoms with Crippen LogP contribution in [-0.4, -0.2) is 15.2 Å². The Labute approximate surface area is 194 Å². The van der Waals surface area contributed by atoms with Gasteiger partial charge in [0.2, 0.25) is 0 Å². The van der Waals surface area contributed by atoms with Gasteiger partial charge < -0.3 is 4.42 Å². The van der Waals surface area contributed by atoms with E-state index in [1.807, 2.05) is 0 Å². The van der Waals surface area contributed by atoms with Crippen LogP contribution in [0.3, 0.4) is 0 Å². The number of thioether (sulfide) groups is 1. The Morgan fingerprint density at radius 3 is 2.65 bits per heavy atom. The van der Waals surface area contributed by atoms with Crippen molar-refractivity contribution in [3.63, 3.8) is 0 Å². The van der Waals surface area contributed by atoms with Crippen LogP contribution in [0, 0.1) is 15.9 Å². The van der Waals surface area contributed by atoms with E-state index in [-0.39, 0.29) is 36.3 Å². The van der Waals surface area contributed by atoms with Gasteiger partial charge in [-0.05, 0) is 42.5 Å². The quantitative estimate of drug-likeness (QED) is 0.173. The second kappa shape index (κ2) is 8.43. The normalized spacial score (nSPS) is 15.2. The van der Waals surface area contributed by atoms with Crippen molar-refractivity contribution in [2.75, 3.05) is 4.90 Å². The number of hydrogen-bond acceptors (Lipinski definition) is 6. The Morgan fingerprint density at radius 1 is 1.16 bits per heavy atom. The van der Waals surface area contributed by atoms with Crippen LogP contribution in [-0.2, 0) is 4.79 Å². The van der Waals surface area contributed by atoms with Crippen LogP contribution in [0.2, 0.25) is 10.0 Å². The summed E-state index contributed by atoms with van der Waals surface area (Å²) in [5, 5.41) is 11.4. The Hall–Kier alpha value is -2.72. The van der Waals surface area contributed by atoms with Gasteiger partial charge in [-0.2, -0.15) is 0 Å². The third-order valence-corrected chi connectivity index (χ3v) is 6.10. The predicted octanol–water partition coefficient (Wildman–Crippen LogP) is 6.71. The number of benzene rings is 2. The first-order valence-electron chi connectivity index (χ1n) is 8.52. The molecule has 2 heterocycles. The highest BCUT2D eigenvalue weighted by Crippen LogP contribution is 2.38. The minimum atomic E-state index is -0.606. The van der Waals surface area contributed by atoms with Gasteiger partial charge in [0.1, 0.15) is 17.3 Å². The lowest BCUT2D eigenvalue weighted by atomic mass is 10.1. The lowest BCUT2D eigenvalue weighted by molar-refractivity contribution is -0.384. The Balaban J connectivity index is 1.64. The zero-order chi connectivity index (χ0) is 22.3. The molecular formula is C20H9Cl2FN2O4S2. The molecule has 1 aliphatic rings. The molecule has 0 bridgehead atoms. The number of thiocarbonyl (C=S) groups is 1. The Bertz CT molecular complexity index is 1290. The maximum absolute atomic E-state index is 13.4. The molecule has 0 spiro atoms. The number of hydrogen-bond donors (Lipinski definition) is 0. The van der Waals surface area contributed by atoms with E-state index in [9.17, 15) is 19.3 Å². The van der Waals surface area contributed by atoms with E-state index < -0.39 is 16.6 Å². The van der Waals surface area contributed by atoms with E-state index in [4.69, 9.17) is 39.8 Å². The summed E-state index contributed by atoms with van der Waals surface area (Å²) in [6.45, 7) is 0. The van der Waals surface area contributed by atoms with Crippen LogP contribution in [0.15, 0.2) is 57.9 Å². The molecule has 0 aliphatic carbocycles. The number of nitrogens with zero attached hydrogens (tertiary/aromatic N) is 2. The molecule has 2 aromatic carbocycles. The standard InChI is InChI=1S/C20H9Cl2FN2O4S2/c21-10-1-4-13(16(7-10)25(27)28)17-6-3-12(29-17)9-18-19(26)24(20(30)31-18)11-2-5-15(23)14(22)8-11/h1-9H/b18-9+. The second-order valence-corrected chi connectivity index (χ2v) is 8.76. The first-order valence-corrected chi connectivity index (χ1v) is 10.5. The highest BCUT2D eigenvalue weighted by atomic mass is 35.5. The molecule has 11 heteroatoms. The third-order valence-electron chi connectivity index (χ3n) is 4.28. The number of nitro groups is 1. The van der Waals surface area contributed by atoms with Gasteiger partial charge in [0.15, 0.2) is 4.32 Å². The van der Waals surface area contributed by atoms with Gasteiger partial charge in [-0.15, -0.1) is 0 Å². The molecule has 1 aliphatic heterocycles. The first kappa shape index (κ1) is 21.5. The predicted molar refractivity (Wildman–Crippen MR) is 123 cm³/mol. The summed E-state index contributed by atoms with van der Waals surface area (Å²) in [6.07, 6.45) is 1.48. The molecular weight excluding hydrogens is 486 g/mol. The first-order chi connectivity index (χ1) is 14.7. The van der Waals surface area contributed by atoms with Crippen LogP contribution in [0.4, 0.5) is 15.8 Å². The van der Waals surface area contributed by atoms with Gasteiger partial charge in [0.05, 0.1) is 26.1 Å². The minimum Gasteiger partial charge on any atom is -0.456 e. The molecule has 4 rings (SSSR count). The number of carbonyl (C=O) groups is 1. The average Bonchev–Trinajstić information content (AvgIpc) is 3.28. The molecule has 0 radical (unpaired) electrons. The van der Waals surface area contributed by atoms with Gasteiger partial charge in [0.25, 0.3) is 11.6 Å². The van der Waals surface area contributed by atoms with E-state index in [2.05, 4.69) is 0 Å². The van der Waals surface area contributed by atoms with Crippen LogP contribution in [0.5, 0.6) is 0 Å². The number of amides is 1. The summed E-state index contributed by atoms with van der Waals surface area (Å²) in [5.74, 6) is -0.480. The largest absolute Gasteiger partial charge is 0.456 e. The van der Waals surface area contributed by atoms with Crippen LogP contribution in [0.25, 0.3) is 17.4 Å². The van der Waals surface area contributed by atoms with Crippen molar-refractivity contribution in [2.24, 2.45) is 0 Å². The molecule has 0 N–H and O–H groups in total. The zero-order valence-electron chi connectivity index (χ0n) is 15.2. The number of halogens is 3. The monoisotopic (exact) mass is 494 g/mol. The van der Waals surface area contributed by atoms with Crippen molar-refractivity contribution in [1.82, 2.24) is 0 Å². The van der Waals surface area contributed by atoms with Gasteiger partial charge in [0, 0.05) is 17.2 Å². The molecule has 1 amide bonds. The van der Waals surface area contributed by atoms with Gasteiger partial charge in [-0.25, -0.2) is 4.39 Å². The SMILES string of the molecule is O=C1/C(=C\c2ccc(-c3ccc(Cl)cc3[N+](=O)[O-])o2)SC(=S)N1c1ccc(F)c(Cl)c1. The fraction of sp³-hybridized carbons (Fsp3) is 0. The molecule has 156 valence electrons. The molecule has 1 saturated heterocycles. The number of nitro benzene ring substituents is 1. The van der Waals surface area contributed by atoms with Gasteiger partial charge in [-0.3, -0.25) is 19.8 Å². The number of rotatable bonds is 4. The van der Waals surface area contributed by atoms with Crippen molar-refractivity contribution in [3.8, 4) is 11.3 Å². The van der Waals surface area contributed by atoms with E-state index >= 15 is 0 Å². The zero-order valence-corrected chi connectivity index (χ0v) is 18.3. The minimum absolute atomic E-state index is 0.129. The fourth-order valence-corrected chi connectivity index (χ4v) is 4.50.